The Balaban J connectivity index is 0.00000150. The average Bonchev–Trinajstić information content (AvgIpc) is 3.31. The summed E-state index contributed by atoms with van der Waals surface area (Å²) in [6.07, 6.45) is 4.10. The first-order chi connectivity index (χ1) is 13.2. The Labute approximate surface area is 187 Å². The molecule has 8 heteroatoms. The van der Waals surface area contributed by atoms with Gasteiger partial charge >= 0.3 is 0 Å². The maximum atomic E-state index is 13.3. The van der Waals surface area contributed by atoms with Crippen LogP contribution in [0.1, 0.15) is 37.6 Å². The first-order valence-electron chi connectivity index (χ1n) is 9.74. The Morgan fingerprint density at radius 3 is 2.69 bits per heavy atom. The third-order valence-electron chi connectivity index (χ3n) is 5.19. The van der Waals surface area contributed by atoms with Gasteiger partial charge in [0.2, 0.25) is 0 Å². The minimum absolute atomic E-state index is 0. The molecule has 0 radical (unpaired) electrons. The Morgan fingerprint density at radius 2 is 2.03 bits per heavy atom. The lowest BCUT2D eigenvalue weighted by Crippen LogP contribution is -2.22. The minimum atomic E-state index is 0. The van der Waals surface area contributed by atoms with Crippen molar-refractivity contribution in [3.05, 3.63) is 51.4 Å². The van der Waals surface area contributed by atoms with Crippen molar-refractivity contribution in [1.82, 2.24) is 14.7 Å². The number of hydrogen-bond donors (Lipinski definition) is 2. The highest BCUT2D eigenvalue weighted by atomic mass is 35.5. The van der Waals surface area contributed by atoms with Crippen molar-refractivity contribution in [3.63, 3.8) is 0 Å². The molecule has 5 nitrogen and oxygen atoms in total. The van der Waals surface area contributed by atoms with Crippen molar-refractivity contribution in [2.45, 2.75) is 45.6 Å². The molecule has 0 spiro atoms. The molecule has 1 fully saturated rings. The molecule has 1 aliphatic heterocycles. The largest absolute Gasteiger partial charge is 0.381 e. The summed E-state index contributed by atoms with van der Waals surface area (Å²) in [4.78, 5) is 18.9. The first-order valence-corrected chi connectivity index (χ1v) is 10.6. The van der Waals surface area contributed by atoms with E-state index in [1.54, 1.807) is 4.40 Å². The summed E-state index contributed by atoms with van der Waals surface area (Å²) >= 11 is 1.54. The van der Waals surface area contributed by atoms with Crippen LogP contribution in [0.3, 0.4) is 0 Å². The van der Waals surface area contributed by atoms with Crippen molar-refractivity contribution in [1.29, 1.82) is 0 Å². The molecule has 1 aromatic carbocycles. The van der Waals surface area contributed by atoms with Crippen LogP contribution in [0.4, 0.5) is 5.69 Å². The van der Waals surface area contributed by atoms with Gasteiger partial charge in [-0.25, -0.2) is 4.98 Å². The van der Waals surface area contributed by atoms with E-state index in [2.05, 4.69) is 29.7 Å². The van der Waals surface area contributed by atoms with Crippen LogP contribution in [-0.2, 0) is 6.42 Å². The second kappa shape index (κ2) is 10.4. The van der Waals surface area contributed by atoms with Gasteiger partial charge in [-0.1, -0.05) is 25.5 Å². The lowest BCUT2D eigenvalue weighted by molar-refractivity contribution is 0.775. The number of benzene rings is 1. The molecule has 1 unspecified atom stereocenters. The van der Waals surface area contributed by atoms with E-state index in [-0.39, 0.29) is 30.4 Å². The number of aryl methyl sites for hydroxylation is 2. The monoisotopic (exact) mass is 454 g/mol. The van der Waals surface area contributed by atoms with Crippen LogP contribution in [0.15, 0.2) is 34.4 Å². The predicted molar refractivity (Wildman–Crippen MR) is 128 cm³/mol. The van der Waals surface area contributed by atoms with E-state index in [0.29, 0.717) is 6.04 Å². The smallest absolute Gasteiger partial charge is 0.266 e. The van der Waals surface area contributed by atoms with E-state index < -0.39 is 0 Å². The van der Waals surface area contributed by atoms with Crippen LogP contribution in [-0.4, -0.2) is 28.5 Å². The van der Waals surface area contributed by atoms with Crippen LogP contribution in [0.5, 0.6) is 0 Å². The molecule has 3 aromatic rings. The molecule has 2 N–H and O–H groups in total. The zero-order valence-corrected chi connectivity index (χ0v) is 19.2. The fourth-order valence-electron chi connectivity index (χ4n) is 3.69. The molecule has 29 heavy (non-hydrogen) atoms. The molecule has 1 aliphatic rings. The number of unbranched alkanes of at least 4 members (excludes halogenated alkanes) is 1. The molecule has 0 saturated carbocycles. The third kappa shape index (κ3) is 4.94. The summed E-state index contributed by atoms with van der Waals surface area (Å²) in [7, 11) is 0. The lowest BCUT2D eigenvalue weighted by atomic mass is 10.0. The van der Waals surface area contributed by atoms with Gasteiger partial charge in [0, 0.05) is 29.3 Å². The van der Waals surface area contributed by atoms with Gasteiger partial charge in [0.15, 0.2) is 4.96 Å². The molecular formula is C21H28Cl2N4OS. The molecule has 2 aromatic heterocycles. The van der Waals surface area contributed by atoms with Crippen molar-refractivity contribution >= 4 is 46.8 Å². The molecular weight excluding hydrogens is 427 g/mol. The van der Waals surface area contributed by atoms with Gasteiger partial charge in [0.05, 0.1) is 11.3 Å². The summed E-state index contributed by atoms with van der Waals surface area (Å²) in [5.74, 6) is 0. The quantitative estimate of drug-likeness (QED) is 0.566. The molecule has 0 aliphatic carbocycles. The van der Waals surface area contributed by atoms with Gasteiger partial charge in [-0.05, 0) is 50.4 Å². The number of anilines is 1. The molecule has 1 atom stereocenters. The van der Waals surface area contributed by atoms with Crippen molar-refractivity contribution in [2.75, 3.05) is 18.4 Å². The Morgan fingerprint density at radius 1 is 1.28 bits per heavy atom. The number of nitrogens with one attached hydrogen (secondary N) is 2. The summed E-state index contributed by atoms with van der Waals surface area (Å²) in [5.41, 5.74) is 4.71. The maximum absolute atomic E-state index is 13.3. The highest BCUT2D eigenvalue weighted by molar-refractivity contribution is 7.15. The van der Waals surface area contributed by atoms with E-state index >= 15 is 0 Å². The van der Waals surface area contributed by atoms with E-state index in [9.17, 15) is 4.79 Å². The van der Waals surface area contributed by atoms with Gasteiger partial charge in [-0.15, -0.1) is 36.2 Å². The Hall–Kier alpha value is -1.60. The van der Waals surface area contributed by atoms with E-state index in [1.807, 2.05) is 24.4 Å². The van der Waals surface area contributed by atoms with E-state index in [0.717, 1.165) is 71.9 Å². The summed E-state index contributed by atoms with van der Waals surface area (Å²) in [6.45, 7) is 6.20. The van der Waals surface area contributed by atoms with Gasteiger partial charge in [0.25, 0.3) is 5.56 Å². The number of nitrogens with zero attached hydrogens (tertiary/aromatic N) is 2. The highest BCUT2D eigenvalue weighted by Crippen LogP contribution is 2.25. The first kappa shape index (κ1) is 23.7. The maximum Gasteiger partial charge on any atom is 0.266 e. The standard InChI is InChI=1S/C21H26N4OS.2ClH/c1-3-4-5-18-19(20(26)25-14(2)13-27-21(25)24-18)15-6-8-16(9-7-15)23-17-10-11-22-12-17;;/h6-9,13,17,22-23H,3-5,10-12H2,1-2H3;2*1H. The molecule has 3 heterocycles. The van der Waals surface area contributed by atoms with Crippen LogP contribution in [0, 0.1) is 6.92 Å². The minimum Gasteiger partial charge on any atom is -0.381 e. The van der Waals surface area contributed by atoms with Gasteiger partial charge in [0.1, 0.15) is 0 Å². The number of aromatic nitrogens is 2. The molecule has 0 bridgehead atoms. The summed E-state index contributed by atoms with van der Waals surface area (Å²) in [6, 6.07) is 8.73. The Bertz CT molecular complexity index is 994. The SMILES string of the molecule is CCCCc1nc2scc(C)n2c(=O)c1-c1ccc(NC2CCNC2)cc1.Cl.Cl. The van der Waals surface area contributed by atoms with Gasteiger partial charge < -0.3 is 10.6 Å². The van der Waals surface area contributed by atoms with Crippen molar-refractivity contribution in [3.8, 4) is 11.1 Å². The number of rotatable bonds is 6. The normalized spacial score (nSPS) is 15.7. The van der Waals surface area contributed by atoms with Crippen LogP contribution >= 0.6 is 36.2 Å². The fraction of sp³-hybridized carbons (Fsp3) is 0.429. The van der Waals surface area contributed by atoms with Gasteiger partial charge in [-0.3, -0.25) is 9.20 Å². The fourth-order valence-corrected chi connectivity index (χ4v) is 4.56. The van der Waals surface area contributed by atoms with Gasteiger partial charge in [-0.2, -0.15) is 0 Å². The van der Waals surface area contributed by atoms with Crippen molar-refractivity contribution < 1.29 is 0 Å². The summed E-state index contributed by atoms with van der Waals surface area (Å²) in [5, 5.41) is 8.93. The number of thiazole rings is 1. The third-order valence-corrected chi connectivity index (χ3v) is 6.13. The molecule has 4 rings (SSSR count). The Kier molecular flexibility index (Phi) is 8.52. The molecule has 158 valence electrons. The zero-order valence-electron chi connectivity index (χ0n) is 16.7. The lowest BCUT2D eigenvalue weighted by Gasteiger charge is -2.14. The zero-order chi connectivity index (χ0) is 18.8. The number of hydrogen-bond acceptors (Lipinski definition) is 5. The molecule has 0 amide bonds. The van der Waals surface area contributed by atoms with Crippen LogP contribution in [0.25, 0.3) is 16.1 Å². The van der Waals surface area contributed by atoms with Crippen LogP contribution < -0.4 is 16.2 Å². The number of fused-ring (bicyclic) bond motifs is 1. The average molecular weight is 455 g/mol. The highest BCUT2D eigenvalue weighted by Gasteiger charge is 2.17. The number of halogens is 2. The second-order valence-electron chi connectivity index (χ2n) is 7.25. The topological polar surface area (TPSA) is 58.4 Å². The molecule has 1 saturated heterocycles. The predicted octanol–water partition coefficient (Wildman–Crippen LogP) is 4.69. The van der Waals surface area contributed by atoms with Crippen LogP contribution in [0.2, 0.25) is 0 Å². The second-order valence-corrected chi connectivity index (χ2v) is 8.09. The van der Waals surface area contributed by atoms with E-state index in [4.69, 9.17) is 4.98 Å². The summed E-state index contributed by atoms with van der Waals surface area (Å²) < 4.78 is 1.74. The van der Waals surface area contributed by atoms with Crippen molar-refractivity contribution in [2.24, 2.45) is 0 Å². The van der Waals surface area contributed by atoms with E-state index in [1.165, 1.54) is 11.3 Å².